The number of nitrogens with zero attached hydrogens (tertiary/aromatic N) is 1. The molecule has 0 heterocycles. The number of ether oxygens (including phenoxy) is 1. The lowest BCUT2D eigenvalue weighted by atomic mass is 10.1. The van der Waals surface area contributed by atoms with Gasteiger partial charge in [0.1, 0.15) is 18.2 Å². The minimum absolute atomic E-state index is 0.0582. The number of benzene rings is 2. The van der Waals surface area contributed by atoms with Crippen molar-refractivity contribution in [3.63, 3.8) is 0 Å². The first-order chi connectivity index (χ1) is 9.60. The van der Waals surface area contributed by atoms with Crippen LogP contribution in [0.5, 0.6) is 5.75 Å². The van der Waals surface area contributed by atoms with E-state index in [0.717, 1.165) is 0 Å². The first-order valence-electron chi connectivity index (χ1n) is 5.75. The highest BCUT2D eigenvalue weighted by Crippen LogP contribution is 2.19. The third-order valence-corrected chi connectivity index (χ3v) is 2.88. The maximum atomic E-state index is 13.8. The molecule has 0 saturated carbocycles. The smallest absolute Gasteiger partial charge is 0.170 e. The van der Waals surface area contributed by atoms with Gasteiger partial charge in [0.2, 0.25) is 0 Å². The summed E-state index contributed by atoms with van der Waals surface area (Å²) >= 11 is 5.82. The van der Waals surface area contributed by atoms with Crippen molar-refractivity contribution in [1.29, 1.82) is 0 Å². The second-order valence-corrected chi connectivity index (χ2v) is 4.47. The summed E-state index contributed by atoms with van der Waals surface area (Å²) in [6, 6.07) is 11.1. The van der Waals surface area contributed by atoms with Crippen LogP contribution >= 0.6 is 11.6 Å². The predicted molar refractivity (Wildman–Crippen MR) is 74.7 cm³/mol. The lowest BCUT2D eigenvalue weighted by Gasteiger charge is -2.08. The van der Waals surface area contributed by atoms with Gasteiger partial charge in [-0.3, -0.25) is 0 Å². The SMILES string of the molecule is N/C(=N\O)c1ccc(COc2cccc(Cl)c2)c(F)c1. The van der Waals surface area contributed by atoms with Gasteiger partial charge in [-0.2, -0.15) is 0 Å². The number of oxime groups is 1. The number of amidine groups is 1. The number of hydrogen-bond acceptors (Lipinski definition) is 3. The zero-order chi connectivity index (χ0) is 14.5. The molecule has 0 aromatic heterocycles. The van der Waals surface area contributed by atoms with Crippen molar-refractivity contribution >= 4 is 17.4 Å². The molecule has 4 nitrogen and oxygen atoms in total. The normalized spacial score (nSPS) is 11.4. The molecule has 0 fully saturated rings. The van der Waals surface area contributed by atoms with Gasteiger partial charge >= 0.3 is 0 Å². The Labute approximate surface area is 120 Å². The van der Waals surface area contributed by atoms with Gasteiger partial charge in [0, 0.05) is 16.1 Å². The lowest BCUT2D eigenvalue weighted by Crippen LogP contribution is -2.13. The first-order valence-corrected chi connectivity index (χ1v) is 6.12. The molecular formula is C14H12ClFN2O2. The molecule has 0 atom stereocenters. The second kappa shape index (κ2) is 6.25. The van der Waals surface area contributed by atoms with Gasteiger partial charge in [0.15, 0.2) is 5.84 Å². The number of halogens is 2. The standard InChI is InChI=1S/C14H12ClFN2O2/c15-11-2-1-3-12(7-11)20-8-10-5-4-9(6-13(10)16)14(17)18-19/h1-7,19H,8H2,(H2,17,18). The van der Waals surface area contributed by atoms with E-state index in [1.165, 1.54) is 12.1 Å². The maximum Gasteiger partial charge on any atom is 0.170 e. The van der Waals surface area contributed by atoms with Crippen molar-refractivity contribution in [3.05, 3.63) is 64.4 Å². The molecule has 0 unspecified atom stereocenters. The predicted octanol–water partition coefficient (Wildman–Crippen LogP) is 3.15. The number of rotatable bonds is 4. The molecular weight excluding hydrogens is 283 g/mol. The summed E-state index contributed by atoms with van der Waals surface area (Å²) in [7, 11) is 0. The van der Waals surface area contributed by atoms with Crippen molar-refractivity contribution in [3.8, 4) is 5.75 Å². The van der Waals surface area contributed by atoms with Crippen LogP contribution in [0.3, 0.4) is 0 Å². The fourth-order valence-corrected chi connectivity index (χ4v) is 1.78. The average molecular weight is 295 g/mol. The largest absolute Gasteiger partial charge is 0.489 e. The Morgan fingerprint density at radius 1 is 1.30 bits per heavy atom. The highest BCUT2D eigenvalue weighted by atomic mass is 35.5. The van der Waals surface area contributed by atoms with E-state index >= 15 is 0 Å². The molecule has 104 valence electrons. The summed E-state index contributed by atoms with van der Waals surface area (Å²) in [5.41, 5.74) is 6.05. The van der Waals surface area contributed by atoms with E-state index in [0.29, 0.717) is 21.9 Å². The van der Waals surface area contributed by atoms with E-state index in [4.69, 9.17) is 27.3 Å². The molecule has 0 aliphatic rings. The average Bonchev–Trinajstić information content (AvgIpc) is 2.45. The molecule has 0 spiro atoms. The third kappa shape index (κ3) is 3.39. The van der Waals surface area contributed by atoms with Gasteiger partial charge in [-0.05, 0) is 24.3 Å². The fourth-order valence-electron chi connectivity index (χ4n) is 1.60. The summed E-state index contributed by atoms with van der Waals surface area (Å²) in [4.78, 5) is 0. The maximum absolute atomic E-state index is 13.8. The minimum atomic E-state index is -0.490. The summed E-state index contributed by atoms with van der Waals surface area (Å²) in [5, 5.41) is 11.9. The van der Waals surface area contributed by atoms with Crippen LogP contribution in [-0.4, -0.2) is 11.0 Å². The van der Waals surface area contributed by atoms with Crippen molar-refractivity contribution in [2.45, 2.75) is 6.61 Å². The lowest BCUT2D eigenvalue weighted by molar-refractivity contribution is 0.300. The molecule has 2 aromatic carbocycles. The van der Waals surface area contributed by atoms with Gasteiger partial charge in [-0.15, -0.1) is 0 Å². The van der Waals surface area contributed by atoms with Gasteiger partial charge in [0.25, 0.3) is 0 Å². The van der Waals surface area contributed by atoms with Crippen LogP contribution < -0.4 is 10.5 Å². The minimum Gasteiger partial charge on any atom is -0.489 e. The monoisotopic (exact) mass is 294 g/mol. The molecule has 0 aliphatic carbocycles. The van der Waals surface area contributed by atoms with Gasteiger partial charge in [0.05, 0.1) is 0 Å². The Balaban J connectivity index is 2.11. The number of hydrogen-bond donors (Lipinski definition) is 2. The van der Waals surface area contributed by atoms with E-state index in [-0.39, 0.29) is 12.4 Å². The van der Waals surface area contributed by atoms with E-state index < -0.39 is 5.82 Å². The van der Waals surface area contributed by atoms with Crippen LogP contribution in [0.2, 0.25) is 5.02 Å². The van der Waals surface area contributed by atoms with Crippen LogP contribution in [-0.2, 0) is 6.61 Å². The van der Waals surface area contributed by atoms with Gasteiger partial charge < -0.3 is 15.7 Å². The summed E-state index contributed by atoms with van der Waals surface area (Å²) in [5.74, 6) is -0.0836. The van der Waals surface area contributed by atoms with Crippen molar-refractivity contribution < 1.29 is 14.3 Å². The van der Waals surface area contributed by atoms with Crippen LogP contribution in [0.25, 0.3) is 0 Å². The van der Waals surface area contributed by atoms with E-state index in [2.05, 4.69) is 5.16 Å². The first kappa shape index (κ1) is 14.1. The number of nitrogens with two attached hydrogens (primary N) is 1. The molecule has 0 aliphatic heterocycles. The Morgan fingerprint density at radius 3 is 2.75 bits per heavy atom. The Morgan fingerprint density at radius 2 is 2.10 bits per heavy atom. The summed E-state index contributed by atoms with van der Waals surface area (Å²) in [6.45, 7) is 0.0582. The van der Waals surface area contributed by atoms with Crippen molar-refractivity contribution in [2.24, 2.45) is 10.9 Å². The molecule has 0 bridgehead atoms. The molecule has 3 N–H and O–H groups in total. The van der Waals surface area contributed by atoms with Gasteiger partial charge in [-0.25, -0.2) is 4.39 Å². The molecule has 0 amide bonds. The van der Waals surface area contributed by atoms with Crippen molar-refractivity contribution in [1.82, 2.24) is 0 Å². The van der Waals surface area contributed by atoms with E-state index in [9.17, 15) is 4.39 Å². The Hall–Kier alpha value is -2.27. The molecule has 2 rings (SSSR count). The summed E-state index contributed by atoms with van der Waals surface area (Å²) < 4.78 is 19.3. The molecule has 6 heteroatoms. The van der Waals surface area contributed by atoms with Gasteiger partial charge in [-0.1, -0.05) is 35.0 Å². The Kier molecular flexibility index (Phi) is 4.42. The highest BCUT2D eigenvalue weighted by molar-refractivity contribution is 6.30. The molecule has 20 heavy (non-hydrogen) atoms. The Bertz CT molecular complexity index is 647. The van der Waals surface area contributed by atoms with E-state index in [1.807, 2.05) is 0 Å². The van der Waals surface area contributed by atoms with E-state index in [1.54, 1.807) is 30.3 Å². The van der Waals surface area contributed by atoms with Crippen LogP contribution in [0.4, 0.5) is 4.39 Å². The molecule has 0 saturated heterocycles. The molecule has 2 aromatic rings. The van der Waals surface area contributed by atoms with Crippen LogP contribution in [0.15, 0.2) is 47.6 Å². The second-order valence-electron chi connectivity index (χ2n) is 4.04. The zero-order valence-corrected chi connectivity index (χ0v) is 11.1. The van der Waals surface area contributed by atoms with Crippen LogP contribution in [0, 0.1) is 5.82 Å². The van der Waals surface area contributed by atoms with Crippen molar-refractivity contribution in [2.75, 3.05) is 0 Å². The molecule has 0 radical (unpaired) electrons. The topological polar surface area (TPSA) is 67.8 Å². The quantitative estimate of drug-likeness (QED) is 0.394. The highest BCUT2D eigenvalue weighted by Gasteiger charge is 2.07. The third-order valence-electron chi connectivity index (χ3n) is 2.65. The zero-order valence-electron chi connectivity index (χ0n) is 10.4. The fraction of sp³-hybridized carbons (Fsp3) is 0.0714. The van der Waals surface area contributed by atoms with Crippen LogP contribution in [0.1, 0.15) is 11.1 Å². The summed E-state index contributed by atoms with van der Waals surface area (Å²) in [6.07, 6.45) is 0.